The van der Waals surface area contributed by atoms with Gasteiger partial charge < -0.3 is 9.73 Å². The summed E-state index contributed by atoms with van der Waals surface area (Å²) in [6.45, 7) is 0.553. The lowest BCUT2D eigenvalue weighted by molar-refractivity contribution is 0.559. The van der Waals surface area contributed by atoms with Gasteiger partial charge in [0, 0.05) is 35.0 Å². The number of fused-ring (bicyclic) bond motifs is 2. The number of rotatable bonds is 5. The maximum absolute atomic E-state index is 5.89. The van der Waals surface area contributed by atoms with Crippen molar-refractivity contribution in [1.82, 2.24) is 15.2 Å². The smallest absolute Gasteiger partial charge is 0.156 e. The molecule has 0 spiro atoms. The first-order valence-corrected chi connectivity index (χ1v) is 9.21. The molecule has 0 unspecified atom stereocenters. The zero-order chi connectivity index (χ0) is 18.8. The molecule has 5 aromatic rings. The first-order chi connectivity index (χ1) is 13.9. The third kappa shape index (κ3) is 3.18. The molecule has 28 heavy (non-hydrogen) atoms. The van der Waals surface area contributed by atoms with Crippen molar-refractivity contribution in [3.63, 3.8) is 0 Å². The summed E-state index contributed by atoms with van der Waals surface area (Å²) in [5.41, 5.74) is 3.01. The predicted octanol–water partition coefficient (Wildman–Crippen LogP) is 4.97. The quantitative estimate of drug-likeness (QED) is 0.475. The maximum atomic E-state index is 5.89. The number of anilines is 1. The molecule has 5 nitrogen and oxygen atoms in total. The minimum Gasteiger partial charge on any atom is -0.459 e. The molecule has 1 N–H and O–H groups in total. The van der Waals surface area contributed by atoms with E-state index in [0.717, 1.165) is 51.0 Å². The number of aromatic nitrogens is 3. The highest BCUT2D eigenvalue weighted by atomic mass is 16.3. The molecule has 5 rings (SSSR count). The molecular formula is C23H18N4O. The SMILES string of the molecule is c1ccc2oc(CNc3nnc(Cc4ccncc4)c4ccccc34)cc2c1. The largest absolute Gasteiger partial charge is 0.459 e. The van der Waals surface area contributed by atoms with Crippen LogP contribution in [0.2, 0.25) is 0 Å². The Labute approximate surface area is 162 Å². The first-order valence-electron chi connectivity index (χ1n) is 9.21. The van der Waals surface area contributed by atoms with E-state index in [4.69, 9.17) is 4.42 Å². The van der Waals surface area contributed by atoms with Gasteiger partial charge in [-0.25, -0.2) is 0 Å². The highest BCUT2D eigenvalue weighted by molar-refractivity contribution is 5.93. The van der Waals surface area contributed by atoms with E-state index in [0.29, 0.717) is 6.54 Å². The van der Waals surface area contributed by atoms with E-state index in [1.165, 1.54) is 0 Å². The average Bonchev–Trinajstić information content (AvgIpc) is 3.17. The fourth-order valence-corrected chi connectivity index (χ4v) is 3.41. The van der Waals surface area contributed by atoms with E-state index in [2.05, 4.69) is 38.7 Å². The minimum atomic E-state index is 0.553. The second-order valence-electron chi connectivity index (χ2n) is 6.68. The average molecular weight is 366 g/mol. The fraction of sp³-hybridized carbons (Fsp3) is 0.0870. The van der Waals surface area contributed by atoms with Crippen LogP contribution in [0.15, 0.2) is 83.5 Å². The summed E-state index contributed by atoms with van der Waals surface area (Å²) in [6.07, 6.45) is 4.32. The van der Waals surface area contributed by atoms with Crippen LogP contribution in [0.25, 0.3) is 21.7 Å². The molecule has 2 aromatic carbocycles. The Morgan fingerprint density at radius 1 is 0.821 bits per heavy atom. The summed E-state index contributed by atoms with van der Waals surface area (Å²) < 4.78 is 5.89. The number of furan rings is 1. The number of nitrogens with zero attached hydrogens (tertiary/aromatic N) is 3. The van der Waals surface area contributed by atoms with Gasteiger partial charge in [-0.1, -0.05) is 42.5 Å². The van der Waals surface area contributed by atoms with E-state index in [1.807, 2.05) is 48.5 Å². The van der Waals surface area contributed by atoms with Crippen molar-refractivity contribution in [2.24, 2.45) is 0 Å². The number of pyridine rings is 1. The fourth-order valence-electron chi connectivity index (χ4n) is 3.41. The molecule has 0 amide bonds. The molecule has 0 saturated carbocycles. The molecule has 0 aliphatic carbocycles. The van der Waals surface area contributed by atoms with Gasteiger partial charge in [0.25, 0.3) is 0 Å². The molecule has 136 valence electrons. The normalized spacial score (nSPS) is 11.1. The summed E-state index contributed by atoms with van der Waals surface area (Å²) in [5, 5.41) is 15.6. The second-order valence-corrected chi connectivity index (χ2v) is 6.68. The maximum Gasteiger partial charge on any atom is 0.156 e. The zero-order valence-corrected chi connectivity index (χ0v) is 15.2. The van der Waals surface area contributed by atoms with Gasteiger partial charge in [0.1, 0.15) is 11.3 Å². The Morgan fingerprint density at radius 2 is 1.61 bits per heavy atom. The minimum absolute atomic E-state index is 0.553. The molecule has 0 aliphatic rings. The summed E-state index contributed by atoms with van der Waals surface area (Å²) in [6, 6.07) is 22.3. The molecule has 0 radical (unpaired) electrons. The predicted molar refractivity (Wildman–Crippen MR) is 110 cm³/mol. The first kappa shape index (κ1) is 16.4. The standard InChI is InChI=1S/C23H18N4O/c1-4-8-22-17(5-1)14-18(28-22)15-25-23-20-7-3-2-6-19(20)21(26-27-23)13-16-9-11-24-12-10-16/h1-12,14H,13,15H2,(H,25,27). The summed E-state index contributed by atoms with van der Waals surface area (Å²) in [5.74, 6) is 1.63. The monoisotopic (exact) mass is 366 g/mol. The second kappa shape index (κ2) is 7.12. The van der Waals surface area contributed by atoms with Crippen LogP contribution in [-0.2, 0) is 13.0 Å². The lowest BCUT2D eigenvalue weighted by atomic mass is 10.1. The number of hydrogen-bond acceptors (Lipinski definition) is 5. The molecular weight excluding hydrogens is 348 g/mol. The highest BCUT2D eigenvalue weighted by Crippen LogP contribution is 2.25. The Morgan fingerprint density at radius 3 is 2.46 bits per heavy atom. The van der Waals surface area contributed by atoms with Crippen molar-refractivity contribution in [2.75, 3.05) is 5.32 Å². The van der Waals surface area contributed by atoms with Crippen molar-refractivity contribution < 1.29 is 4.42 Å². The van der Waals surface area contributed by atoms with Crippen molar-refractivity contribution in [3.05, 3.63) is 96.1 Å². The van der Waals surface area contributed by atoms with Gasteiger partial charge >= 0.3 is 0 Å². The number of para-hydroxylation sites is 1. The van der Waals surface area contributed by atoms with E-state index in [-0.39, 0.29) is 0 Å². The topological polar surface area (TPSA) is 63.8 Å². The van der Waals surface area contributed by atoms with Crippen LogP contribution >= 0.6 is 0 Å². The number of hydrogen-bond donors (Lipinski definition) is 1. The zero-order valence-electron chi connectivity index (χ0n) is 15.2. The lowest BCUT2D eigenvalue weighted by Gasteiger charge is -2.10. The van der Waals surface area contributed by atoms with Gasteiger partial charge in [-0.15, -0.1) is 5.10 Å². The van der Waals surface area contributed by atoms with Crippen LogP contribution in [0.1, 0.15) is 17.0 Å². The number of nitrogens with one attached hydrogen (secondary N) is 1. The third-order valence-electron chi connectivity index (χ3n) is 4.79. The molecule has 0 aliphatic heterocycles. The Hall–Kier alpha value is -3.73. The Kier molecular flexibility index (Phi) is 4.18. The van der Waals surface area contributed by atoms with Gasteiger partial charge in [-0.2, -0.15) is 5.10 Å². The Bertz CT molecular complexity index is 1210. The summed E-state index contributed by atoms with van der Waals surface area (Å²) >= 11 is 0. The number of benzene rings is 2. The van der Waals surface area contributed by atoms with E-state index in [9.17, 15) is 0 Å². The van der Waals surface area contributed by atoms with Gasteiger partial charge in [-0.3, -0.25) is 4.98 Å². The molecule has 0 atom stereocenters. The summed E-state index contributed by atoms with van der Waals surface area (Å²) in [4.78, 5) is 4.08. The van der Waals surface area contributed by atoms with E-state index < -0.39 is 0 Å². The lowest BCUT2D eigenvalue weighted by Crippen LogP contribution is -2.05. The van der Waals surface area contributed by atoms with Crippen LogP contribution in [0, 0.1) is 0 Å². The van der Waals surface area contributed by atoms with Gasteiger partial charge in [0.15, 0.2) is 5.82 Å². The third-order valence-corrected chi connectivity index (χ3v) is 4.79. The van der Waals surface area contributed by atoms with Crippen LogP contribution in [0.3, 0.4) is 0 Å². The van der Waals surface area contributed by atoms with Crippen molar-refractivity contribution >= 4 is 27.6 Å². The molecule has 0 bridgehead atoms. The molecule has 0 saturated heterocycles. The summed E-state index contributed by atoms with van der Waals surface area (Å²) in [7, 11) is 0. The van der Waals surface area contributed by atoms with Gasteiger partial charge in [0.2, 0.25) is 0 Å². The van der Waals surface area contributed by atoms with Gasteiger partial charge in [-0.05, 0) is 29.8 Å². The van der Waals surface area contributed by atoms with Crippen LogP contribution in [-0.4, -0.2) is 15.2 Å². The van der Waals surface area contributed by atoms with Crippen molar-refractivity contribution in [2.45, 2.75) is 13.0 Å². The Balaban J connectivity index is 1.44. The molecule has 3 heterocycles. The van der Waals surface area contributed by atoms with Crippen molar-refractivity contribution in [3.8, 4) is 0 Å². The molecule has 3 aromatic heterocycles. The van der Waals surface area contributed by atoms with Crippen LogP contribution < -0.4 is 5.32 Å². The highest BCUT2D eigenvalue weighted by Gasteiger charge is 2.10. The van der Waals surface area contributed by atoms with E-state index >= 15 is 0 Å². The van der Waals surface area contributed by atoms with Crippen LogP contribution in [0.4, 0.5) is 5.82 Å². The van der Waals surface area contributed by atoms with Crippen LogP contribution in [0.5, 0.6) is 0 Å². The van der Waals surface area contributed by atoms with Crippen molar-refractivity contribution in [1.29, 1.82) is 0 Å². The van der Waals surface area contributed by atoms with E-state index in [1.54, 1.807) is 12.4 Å². The molecule has 0 fully saturated rings. The van der Waals surface area contributed by atoms with Gasteiger partial charge in [0.05, 0.1) is 12.2 Å². The molecule has 5 heteroatoms.